The van der Waals surface area contributed by atoms with Crippen molar-refractivity contribution in [3.05, 3.63) is 16.2 Å². The van der Waals surface area contributed by atoms with Gasteiger partial charge in [0.1, 0.15) is 10.4 Å². The molecule has 0 radical (unpaired) electrons. The number of pyridine rings is 1. The first-order valence-corrected chi connectivity index (χ1v) is 7.78. The van der Waals surface area contributed by atoms with Crippen LogP contribution in [0.5, 0.6) is 5.06 Å². The molecular weight excluding hydrogens is 328 g/mol. The van der Waals surface area contributed by atoms with Crippen molar-refractivity contribution in [1.82, 2.24) is 4.98 Å². The molecule has 0 aromatic carbocycles. The number of anilines is 1. The lowest BCUT2D eigenvalue weighted by Crippen LogP contribution is -2.36. The van der Waals surface area contributed by atoms with Gasteiger partial charge >= 0.3 is 0 Å². The number of ether oxygens (including phenoxy) is 2. The number of thiophene rings is 1. The van der Waals surface area contributed by atoms with Crippen LogP contribution < -0.4 is 9.64 Å². The minimum atomic E-state index is 0.761. The van der Waals surface area contributed by atoms with Crippen molar-refractivity contribution < 1.29 is 9.47 Å². The Labute approximate surface area is 124 Å². The zero-order valence-corrected chi connectivity index (χ0v) is 13.3. The summed E-state index contributed by atoms with van der Waals surface area (Å²) in [5.74, 6) is 1.03. The van der Waals surface area contributed by atoms with Crippen LogP contribution >= 0.6 is 27.3 Å². The predicted octanol–water partition coefficient (Wildman–Crippen LogP) is 3.21. The molecule has 0 aliphatic carbocycles. The molecule has 0 spiro atoms. The van der Waals surface area contributed by atoms with E-state index in [2.05, 4.69) is 38.8 Å². The molecule has 0 unspecified atom stereocenters. The van der Waals surface area contributed by atoms with Crippen molar-refractivity contribution in [2.45, 2.75) is 6.92 Å². The molecule has 2 aromatic rings. The van der Waals surface area contributed by atoms with Crippen LogP contribution in [-0.4, -0.2) is 38.4 Å². The molecule has 0 bridgehead atoms. The molecule has 1 saturated heterocycles. The number of nitrogens with zero attached hydrogens (tertiary/aromatic N) is 2. The quantitative estimate of drug-likeness (QED) is 0.785. The number of halogens is 1. The van der Waals surface area contributed by atoms with Crippen LogP contribution in [-0.2, 0) is 4.74 Å². The van der Waals surface area contributed by atoms with Gasteiger partial charge in [0.05, 0.1) is 25.0 Å². The van der Waals surface area contributed by atoms with Crippen LogP contribution in [0.25, 0.3) is 10.1 Å². The molecule has 0 N–H and O–H groups in total. The molecule has 102 valence electrons. The van der Waals surface area contributed by atoms with Gasteiger partial charge in [-0.2, -0.15) is 0 Å². The lowest BCUT2D eigenvalue weighted by molar-refractivity contribution is 0.122. The normalized spacial score (nSPS) is 16.1. The highest BCUT2D eigenvalue weighted by Gasteiger charge is 2.20. The van der Waals surface area contributed by atoms with Gasteiger partial charge in [0.2, 0.25) is 0 Å². The second-order valence-electron chi connectivity index (χ2n) is 4.46. The second-order valence-corrected chi connectivity index (χ2v) is 6.26. The van der Waals surface area contributed by atoms with E-state index in [4.69, 9.17) is 9.47 Å². The number of hydrogen-bond acceptors (Lipinski definition) is 5. The summed E-state index contributed by atoms with van der Waals surface area (Å²) in [6, 6.07) is 2.06. The topological polar surface area (TPSA) is 34.6 Å². The maximum absolute atomic E-state index is 5.44. The SMILES string of the molecule is COc1sc2c(N3CCOCC3)nc(Br)cc2c1C. The van der Waals surface area contributed by atoms with E-state index in [0.717, 1.165) is 41.8 Å². The zero-order valence-electron chi connectivity index (χ0n) is 10.9. The Morgan fingerprint density at radius 2 is 2.16 bits per heavy atom. The molecule has 1 aliphatic rings. The van der Waals surface area contributed by atoms with E-state index in [9.17, 15) is 0 Å². The first kappa shape index (κ1) is 13.1. The van der Waals surface area contributed by atoms with E-state index >= 15 is 0 Å². The fourth-order valence-electron chi connectivity index (χ4n) is 2.33. The summed E-state index contributed by atoms with van der Waals surface area (Å²) in [6.07, 6.45) is 0. The highest BCUT2D eigenvalue weighted by Crippen LogP contribution is 2.42. The van der Waals surface area contributed by atoms with E-state index in [1.54, 1.807) is 18.4 Å². The first-order valence-electron chi connectivity index (χ1n) is 6.17. The third kappa shape index (κ3) is 2.32. The zero-order chi connectivity index (χ0) is 13.4. The van der Waals surface area contributed by atoms with E-state index in [1.165, 1.54) is 15.6 Å². The summed E-state index contributed by atoms with van der Waals surface area (Å²) in [6.45, 7) is 5.39. The molecule has 3 heterocycles. The van der Waals surface area contributed by atoms with Gasteiger partial charge < -0.3 is 14.4 Å². The minimum absolute atomic E-state index is 0.761. The molecule has 2 aromatic heterocycles. The van der Waals surface area contributed by atoms with Crippen LogP contribution in [0.3, 0.4) is 0 Å². The third-order valence-corrected chi connectivity index (χ3v) is 5.00. The fraction of sp³-hybridized carbons (Fsp3) is 0.462. The van der Waals surface area contributed by atoms with E-state index in [-0.39, 0.29) is 0 Å². The van der Waals surface area contributed by atoms with Crippen molar-refractivity contribution in [3.63, 3.8) is 0 Å². The molecule has 4 nitrogen and oxygen atoms in total. The Kier molecular flexibility index (Phi) is 3.64. The average Bonchev–Trinajstić information content (AvgIpc) is 2.76. The van der Waals surface area contributed by atoms with Crippen molar-refractivity contribution in [2.75, 3.05) is 38.3 Å². The van der Waals surface area contributed by atoms with Crippen LogP contribution in [0.2, 0.25) is 0 Å². The number of methoxy groups -OCH3 is 1. The molecule has 0 amide bonds. The standard InChI is InChI=1S/C13H15BrN2O2S/c1-8-9-7-10(14)15-12(11(9)19-13(8)17-2)16-3-5-18-6-4-16/h7H,3-6H2,1-2H3. The minimum Gasteiger partial charge on any atom is -0.487 e. The predicted molar refractivity (Wildman–Crippen MR) is 81.6 cm³/mol. The Morgan fingerprint density at radius 1 is 1.42 bits per heavy atom. The molecule has 1 aliphatic heterocycles. The molecule has 3 rings (SSSR count). The second kappa shape index (κ2) is 5.26. The maximum atomic E-state index is 5.44. The van der Waals surface area contributed by atoms with Crippen molar-refractivity contribution in [1.29, 1.82) is 0 Å². The van der Waals surface area contributed by atoms with Gasteiger partial charge in [-0.25, -0.2) is 4.98 Å². The van der Waals surface area contributed by atoms with Gasteiger partial charge in [0.25, 0.3) is 0 Å². The van der Waals surface area contributed by atoms with Gasteiger partial charge in [-0.1, -0.05) is 11.3 Å². The maximum Gasteiger partial charge on any atom is 0.177 e. The number of rotatable bonds is 2. The van der Waals surface area contributed by atoms with Crippen molar-refractivity contribution in [2.24, 2.45) is 0 Å². The Balaban J connectivity index is 2.17. The van der Waals surface area contributed by atoms with Crippen LogP contribution in [0.4, 0.5) is 5.82 Å². The van der Waals surface area contributed by atoms with Gasteiger partial charge in [-0.3, -0.25) is 0 Å². The molecule has 6 heteroatoms. The average molecular weight is 343 g/mol. The number of fused-ring (bicyclic) bond motifs is 1. The molecule has 0 atom stereocenters. The van der Waals surface area contributed by atoms with Crippen molar-refractivity contribution >= 4 is 43.2 Å². The smallest absolute Gasteiger partial charge is 0.177 e. The van der Waals surface area contributed by atoms with Crippen molar-refractivity contribution in [3.8, 4) is 5.06 Å². The number of hydrogen-bond donors (Lipinski definition) is 0. The molecule has 19 heavy (non-hydrogen) atoms. The lowest BCUT2D eigenvalue weighted by atomic mass is 10.2. The Bertz CT molecular complexity index is 608. The van der Waals surface area contributed by atoms with Gasteiger partial charge in [-0.15, -0.1) is 0 Å². The first-order chi connectivity index (χ1) is 9.20. The number of morpholine rings is 1. The summed E-state index contributed by atoms with van der Waals surface area (Å²) in [4.78, 5) is 6.94. The summed E-state index contributed by atoms with van der Waals surface area (Å²) >= 11 is 5.17. The summed E-state index contributed by atoms with van der Waals surface area (Å²) < 4.78 is 12.9. The number of aromatic nitrogens is 1. The molecular formula is C13H15BrN2O2S. The van der Waals surface area contributed by atoms with Crippen LogP contribution in [0, 0.1) is 6.92 Å². The highest BCUT2D eigenvalue weighted by molar-refractivity contribution is 9.10. The lowest BCUT2D eigenvalue weighted by Gasteiger charge is -2.28. The molecule has 1 fully saturated rings. The van der Waals surface area contributed by atoms with E-state index in [0.29, 0.717) is 0 Å². The van der Waals surface area contributed by atoms with Gasteiger partial charge in [-0.05, 0) is 28.9 Å². The summed E-state index contributed by atoms with van der Waals surface area (Å²) in [5.41, 5.74) is 1.18. The Hall–Kier alpha value is -0.850. The highest BCUT2D eigenvalue weighted by atomic mass is 79.9. The molecule has 0 saturated carbocycles. The fourth-order valence-corrected chi connectivity index (χ4v) is 3.85. The Morgan fingerprint density at radius 3 is 2.84 bits per heavy atom. The van der Waals surface area contributed by atoms with Crippen LogP contribution in [0.15, 0.2) is 10.7 Å². The monoisotopic (exact) mass is 342 g/mol. The summed E-state index contributed by atoms with van der Waals surface area (Å²) in [7, 11) is 1.72. The van der Waals surface area contributed by atoms with E-state index < -0.39 is 0 Å². The van der Waals surface area contributed by atoms with Crippen LogP contribution in [0.1, 0.15) is 5.56 Å². The largest absolute Gasteiger partial charge is 0.487 e. The third-order valence-electron chi connectivity index (χ3n) is 3.32. The number of aryl methyl sites for hydroxylation is 1. The summed E-state index contributed by atoms with van der Waals surface area (Å²) in [5, 5.41) is 2.18. The van der Waals surface area contributed by atoms with Gasteiger partial charge in [0, 0.05) is 24.0 Å². The van der Waals surface area contributed by atoms with E-state index in [1.807, 2.05) is 0 Å². The van der Waals surface area contributed by atoms with Gasteiger partial charge in [0.15, 0.2) is 5.06 Å².